The van der Waals surface area contributed by atoms with Crippen LogP contribution in [0.2, 0.25) is 5.02 Å². The normalized spacial score (nSPS) is 10.7. The van der Waals surface area contributed by atoms with E-state index in [1.165, 1.54) is 0 Å². The summed E-state index contributed by atoms with van der Waals surface area (Å²) in [5, 5.41) is 1.41. The molecule has 1 amide bonds. The number of rotatable bonds is 4. The largest absolute Gasteiger partial charge is 0.335 e. The van der Waals surface area contributed by atoms with Crippen LogP contribution in [0, 0.1) is 6.92 Å². The monoisotopic (exact) mass is 317 g/mol. The number of aryl methyl sites for hydroxylation is 1. The molecule has 0 aliphatic heterocycles. The Labute approximate surface area is 116 Å². The van der Waals surface area contributed by atoms with Gasteiger partial charge in [0.25, 0.3) is 5.91 Å². The summed E-state index contributed by atoms with van der Waals surface area (Å²) in [5.74, 6) is 0.0290. The zero-order chi connectivity index (χ0) is 13.0. The molecular formula is C13H17BrClNO. The van der Waals surface area contributed by atoms with Crippen molar-refractivity contribution in [3.8, 4) is 0 Å². The summed E-state index contributed by atoms with van der Waals surface area (Å²) in [6.07, 6.45) is 0. The third-order valence-corrected chi connectivity index (χ3v) is 3.39. The van der Waals surface area contributed by atoms with Crippen LogP contribution in [0.15, 0.2) is 18.2 Å². The van der Waals surface area contributed by atoms with Gasteiger partial charge in [-0.15, -0.1) is 0 Å². The van der Waals surface area contributed by atoms with Crippen LogP contribution < -0.4 is 0 Å². The highest BCUT2D eigenvalue weighted by molar-refractivity contribution is 9.09. The lowest BCUT2D eigenvalue weighted by Crippen LogP contribution is -2.38. The van der Waals surface area contributed by atoms with E-state index in [2.05, 4.69) is 15.9 Å². The smallest absolute Gasteiger partial charge is 0.254 e. The predicted octanol–water partition coefficient (Wildman–Crippen LogP) is 3.89. The van der Waals surface area contributed by atoms with Gasteiger partial charge in [-0.1, -0.05) is 33.6 Å². The van der Waals surface area contributed by atoms with Gasteiger partial charge in [0, 0.05) is 28.5 Å². The van der Waals surface area contributed by atoms with Crippen molar-refractivity contribution in [3.63, 3.8) is 0 Å². The molecule has 94 valence electrons. The fourth-order valence-corrected chi connectivity index (χ4v) is 2.14. The first-order valence-electron chi connectivity index (χ1n) is 5.60. The number of nitrogens with zero attached hydrogens (tertiary/aromatic N) is 1. The van der Waals surface area contributed by atoms with Gasteiger partial charge in [-0.2, -0.15) is 0 Å². The second-order valence-electron chi connectivity index (χ2n) is 4.25. The Hall–Kier alpha value is -0.540. The molecule has 0 aliphatic rings. The maximum absolute atomic E-state index is 12.3. The van der Waals surface area contributed by atoms with E-state index in [9.17, 15) is 4.79 Å². The maximum Gasteiger partial charge on any atom is 0.254 e. The van der Waals surface area contributed by atoms with Gasteiger partial charge in [-0.3, -0.25) is 4.79 Å². The summed E-state index contributed by atoms with van der Waals surface area (Å²) < 4.78 is 0. The molecule has 0 saturated heterocycles. The molecule has 0 aliphatic carbocycles. The number of carbonyl (C=O) groups is 1. The number of alkyl halides is 1. The van der Waals surface area contributed by atoms with E-state index in [1.807, 2.05) is 37.8 Å². The molecule has 0 fully saturated rings. The first-order valence-corrected chi connectivity index (χ1v) is 7.10. The van der Waals surface area contributed by atoms with Crippen molar-refractivity contribution in [3.05, 3.63) is 34.3 Å². The Morgan fingerprint density at radius 2 is 2.12 bits per heavy atom. The Bertz CT molecular complexity index is 406. The van der Waals surface area contributed by atoms with Gasteiger partial charge in [0.2, 0.25) is 0 Å². The quantitative estimate of drug-likeness (QED) is 0.771. The first kappa shape index (κ1) is 14.5. The van der Waals surface area contributed by atoms with Crippen LogP contribution in [0.5, 0.6) is 0 Å². The van der Waals surface area contributed by atoms with Gasteiger partial charge in [0.05, 0.1) is 0 Å². The summed E-state index contributed by atoms with van der Waals surface area (Å²) in [6, 6.07) is 5.62. The van der Waals surface area contributed by atoms with Gasteiger partial charge in [0.15, 0.2) is 0 Å². The molecule has 0 aromatic heterocycles. The van der Waals surface area contributed by atoms with Gasteiger partial charge in [-0.05, 0) is 38.5 Å². The standard InChI is InChI=1S/C13H17BrClNO/c1-9(2)16(7-6-14)13(17)11-5-4-10(3)12(15)8-11/h4-5,8-9H,6-7H2,1-3H3. The predicted molar refractivity (Wildman–Crippen MR) is 76.2 cm³/mol. The molecule has 4 heteroatoms. The Morgan fingerprint density at radius 3 is 2.59 bits per heavy atom. The van der Waals surface area contributed by atoms with E-state index < -0.39 is 0 Å². The minimum absolute atomic E-state index is 0.0290. The van der Waals surface area contributed by atoms with Crippen LogP contribution in [0.25, 0.3) is 0 Å². The van der Waals surface area contributed by atoms with Crippen molar-refractivity contribution >= 4 is 33.4 Å². The number of amides is 1. The second-order valence-corrected chi connectivity index (χ2v) is 5.45. The summed E-state index contributed by atoms with van der Waals surface area (Å²) in [6.45, 7) is 6.64. The lowest BCUT2D eigenvalue weighted by molar-refractivity contribution is 0.0719. The lowest BCUT2D eigenvalue weighted by atomic mass is 10.1. The topological polar surface area (TPSA) is 20.3 Å². The van der Waals surface area contributed by atoms with E-state index in [4.69, 9.17) is 11.6 Å². The summed E-state index contributed by atoms with van der Waals surface area (Å²) in [4.78, 5) is 14.1. The van der Waals surface area contributed by atoms with E-state index in [0.29, 0.717) is 17.1 Å². The van der Waals surface area contributed by atoms with Crippen LogP contribution in [0.4, 0.5) is 0 Å². The molecule has 1 rings (SSSR count). The van der Waals surface area contributed by atoms with Gasteiger partial charge in [-0.25, -0.2) is 0 Å². The average molecular weight is 319 g/mol. The van der Waals surface area contributed by atoms with E-state index in [-0.39, 0.29) is 11.9 Å². The van der Waals surface area contributed by atoms with Gasteiger partial charge < -0.3 is 4.90 Å². The van der Waals surface area contributed by atoms with Crippen molar-refractivity contribution in [2.75, 3.05) is 11.9 Å². The van der Waals surface area contributed by atoms with Crippen LogP contribution in [-0.2, 0) is 0 Å². The molecule has 0 heterocycles. The van der Waals surface area contributed by atoms with Crippen molar-refractivity contribution < 1.29 is 4.79 Å². The van der Waals surface area contributed by atoms with E-state index in [0.717, 1.165) is 10.9 Å². The Kier molecular flexibility index (Phi) is 5.47. The number of benzene rings is 1. The highest BCUT2D eigenvalue weighted by Gasteiger charge is 2.18. The van der Waals surface area contributed by atoms with Crippen molar-refractivity contribution in [2.45, 2.75) is 26.8 Å². The molecule has 0 radical (unpaired) electrons. The fourth-order valence-electron chi connectivity index (χ4n) is 1.58. The first-order chi connectivity index (χ1) is 7.97. The van der Waals surface area contributed by atoms with Gasteiger partial charge in [0.1, 0.15) is 0 Å². The SMILES string of the molecule is Cc1ccc(C(=O)N(CCBr)C(C)C)cc1Cl. The second kappa shape index (κ2) is 6.41. The molecule has 1 aromatic rings. The molecule has 1 aromatic carbocycles. The number of carbonyl (C=O) groups excluding carboxylic acids is 1. The highest BCUT2D eigenvalue weighted by Crippen LogP contribution is 2.18. The molecule has 17 heavy (non-hydrogen) atoms. The number of hydrogen-bond acceptors (Lipinski definition) is 1. The van der Waals surface area contributed by atoms with Gasteiger partial charge >= 0.3 is 0 Å². The summed E-state index contributed by atoms with van der Waals surface area (Å²) in [5.41, 5.74) is 1.63. The van der Waals surface area contributed by atoms with E-state index in [1.54, 1.807) is 6.07 Å². The lowest BCUT2D eigenvalue weighted by Gasteiger charge is -2.26. The molecule has 0 spiro atoms. The molecule has 0 atom stereocenters. The Morgan fingerprint density at radius 1 is 1.47 bits per heavy atom. The molecule has 0 bridgehead atoms. The molecule has 2 nitrogen and oxygen atoms in total. The average Bonchev–Trinajstić information content (AvgIpc) is 2.28. The number of halogens is 2. The molecule has 0 N–H and O–H groups in total. The zero-order valence-electron chi connectivity index (χ0n) is 10.3. The zero-order valence-corrected chi connectivity index (χ0v) is 12.7. The fraction of sp³-hybridized carbons (Fsp3) is 0.462. The maximum atomic E-state index is 12.3. The van der Waals surface area contributed by atoms with Crippen molar-refractivity contribution in [1.82, 2.24) is 4.90 Å². The molecular weight excluding hydrogens is 302 g/mol. The van der Waals surface area contributed by atoms with Crippen molar-refractivity contribution in [2.24, 2.45) is 0 Å². The third kappa shape index (κ3) is 3.71. The van der Waals surface area contributed by atoms with Crippen LogP contribution in [0.3, 0.4) is 0 Å². The van der Waals surface area contributed by atoms with Crippen LogP contribution in [-0.4, -0.2) is 28.7 Å². The minimum atomic E-state index is 0.0290. The Balaban J connectivity index is 2.97. The molecule has 0 saturated carbocycles. The molecule has 0 unspecified atom stereocenters. The number of hydrogen-bond donors (Lipinski definition) is 0. The van der Waals surface area contributed by atoms with Crippen LogP contribution >= 0.6 is 27.5 Å². The summed E-state index contributed by atoms with van der Waals surface area (Å²) >= 11 is 9.40. The van der Waals surface area contributed by atoms with Crippen LogP contribution in [0.1, 0.15) is 29.8 Å². The highest BCUT2D eigenvalue weighted by atomic mass is 79.9. The van der Waals surface area contributed by atoms with E-state index >= 15 is 0 Å². The minimum Gasteiger partial charge on any atom is -0.335 e. The van der Waals surface area contributed by atoms with Crippen molar-refractivity contribution in [1.29, 1.82) is 0 Å². The third-order valence-electron chi connectivity index (χ3n) is 2.63. The summed E-state index contributed by atoms with van der Waals surface area (Å²) in [7, 11) is 0.